The quantitative estimate of drug-likeness (QED) is 0.834. The van der Waals surface area contributed by atoms with E-state index in [4.69, 9.17) is 4.74 Å². The zero-order valence-electron chi connectivity index (χ0n) is 14.9. The minimum absolute atomic E-state index is 0. The summed E-state index contributed by atoms with van der Waals surface area (Å²) in [5, 5.41) is 3.89. The van der Waals surface area contributed by atoms with Crippen LogP contribution in [0.2, 0.25) is 0 Å². The van der Waals surface area contributed by atoms with E-state index in [1.54, 1.807) is 18.5 Å². The number of benzene rings is 1. The lowest BCUT2D eigenvalue weighted by Crippen LogP contribution is -2.54. The summed E-state index contributed by atoms with van der Waals surface area (Å²) < 4.78 is 5.76. The zero-order chi connectivity index (χ0) is 16.6. The third kappa shape index (κ3) is 3.58. The molecule has 0 radical (unpaired) electrons. The number of halogens is 1. The van der Waals surface area contributed by atoms with E-state index in [0.29, 0.717) is 6.01 Å². The molecular formula is C21H26ClN3O. The number of aromatic nitrogens is 2. The summed E-state index contributed by atoms with van der Waals surface area (Å²) in [6.07, 6.45) is 10.7. The minimum Gasteiger partial charge on any atom is -0.424 e. The topological polar surface area (TPSA) is 47.0 Å². The van der Waals surface area contributed by atoms with Crippen LogP contribution in [0.25, 0.3) is 0 Å². The summed E-state index contributed by atoms with van der Waals surface area (Å²) in [5.74, 6) is 4.68. The highest BCUT2D eigenvalue weighted by atomic mass is 35.5. The second kappa shape index (κ2) is 7.53. The van der Waals surface area contributed by atoms with Gasteiger partial charge in [0.05, 0.1) is 0 Å². The van der Waals surface area contributed by atoms with Crippen molar-refractivity contribution in [2.45, 2.75) is 44.7 Å². The van der Waals surface area contributed by atoms with Crippen LogP contribution in [0.15, 0.2) is 42.7 Å². The average Bonchev–Trinajstić information content (AvgIpc) is 2.62. The smallest absolute Gasteiger partial charge is 0.321 e. The third-order valence-electron chi connectivity index (χ3n) is 6.42. The molecule has 1 heterocycles. The fourth-order valence-electron chi connectivity index (χ4n) is 5.66. The van der Waals surface area contributed by atoms with Gasteiger partial charge in [0, 0.05) is 25.0 Å². The van der Waals surface area contributed by atoms with Crippen LogP contribution in [0.5, 0.6) is 11.8 Å². The Bertz CT molecular complexity index is 711. The maximum Gasteiger partial charge on any atom is 0.321 e. The summed E-state index contributed by atoms with van der Waals surface area (Å²) >= 11 is 0. The van der Waals surface area contributed by atoms with E-state index in [1.807, 2.05) is 12.1 Å². The van der Waals surface area contributed by atoms with Gasteiger partial charge in [0.25, 0.3) is 0 Å². The number of nitrogens with one attached hydrogen (secondary N) is 1. The minimum atomic E-state index is 0. The molecule has 4 nitrogen and oxygen atoms in total. The van der Waals surface area contributed by atoms with E-state index in [9.17, 15) is 0 Å². The van der Waals surface area contributed by atoms with Crippen molar-refractivity contribution in [3.63, 3.8) is 0 Å². The second-order valence-electron chi connectivity index (χ2n) is 8.12. The molecule has 2 aromatic rings. The van der Waals surface area contributed by atoms with Gasteiger partial charge in [-0.15, -0.1) is 12.4 Å². The molecule has 0 amide bonds. The normalized spacial score (nSPS) is 31.5. The Morgan fingerprint density at radius 2 is 1.62 bits per heavy atom. The zero-order valence-corrected chi connectivity index (χ0v) is 15.7. The molecule has 4 bridgehead atoms. The number of ether oxygens (including phenoxy) is 1. The lowest BCUT2D eigenvalue weighted by atomic mass is 9.54. The van der Waals surface area contributed by atoms with Crippen molar-refractivity contribution in [3.8, 4) is 11.8 Å². The Labute approximate surface area is 161 Å². The van der Waals surface area contributed by atoms with Gasteiger partial charge in [-0.2, -0.15) is 0 Å². The van der Waals surface area contributed by atoms with Gasteiger partial charge in [0.15, 0.2) is 0 Å². The highest BCUT2D eigenvalue weighted by Crippen LogP contribution is 2.53. The summed E-state index contributed by atoms with van der Waals surface area (Å²) in [6.45, 7) is 0.917. The van der Waals surface area contributed by atoms with Gasteiger partial charge in [0.2, 0.25) is 0 Å². The molecule has 4 saturated carbocycles. The summed E-state index contributed by atoms with van der Waals surface area (Å²) in [6, 6.07) is 11.2. The Hall–Kier alpha value is -1.65. The van der Waals surface area contributed by atoms with Crippen LogP contribution >= 0.6 is 12.4 Å². The maximum absolute atomic E-state index is 5.76. The van der Waals surface area contributed by atoms with Crippen molar-refractivity contribution in [1.82, 2.24) is 15.3 Å². The lowest BCUT2D eigenvalue weighted by Gasteiger charge is -2.54. The molecule has 1 aromatic heterocycles. The maximum atomic E-state index is 5.76. The molecule has 0 aliphatic heterocycles. The second-order valence-corrected chi connectivity index (χ2v) is 8.12. The fourth-order valence-corrected chi connectivity index (χ4v) is 5.66. The molecule has 0 unspecified atom stereocenters. The van der Waals surface area contributed by atoms with E-state index in [2.05, 4.69) is 27.4 Å². The molecule has 1 aromatic carbocycles. The fraction of sp³-hybridized carbons (Fsp3) is 0.524. The van der Waals surface area contributed by atoms with E-state index >= 15 is 0 Å². The van der Waals surface area contributed by atoms with Crippen LogP contribution in [-0.4, -0.2) is 16.0 Å². The molecule has 4 aliphatic carbocycles. The lowest BCUT2D eigenvalue weighted by molar-refractivity contribution is -0.0142. The van der Waals surface area contributed by atoms with Crippen LogP contribution in [0.4, 0.5) is 0 Å². The molecule has 0 saturated heterocycles. The first-order valence-corrected chi connectivity index (χ1v) is 9.60. The molecule has 4 aliphatic rings. The summed E-state index contributed by atoms with van der Waals surface area (Å²) in [5.41, 5.74) is 1.27. The van der Waals surface area contributed by atoms with Gasteiger partial charge < -0.3 is 10.1 Å². The molecular weight excluding hydrogens is 346 g/mol. The van der Waals surface area contributed by atoms with E-state index < -0.39 is 0 Å². The molecule has 0 spiro atoms. The van der Waals surface area contributed by atoms with Gasteiger partial charge in [-0.25, -0.2) is 9.97 Å². The summed E-state index contributed by atoms with van der Waals surface area (Å²) in [7, 11) is 0. The van der Waals surface area contributed by atoms with E-state index in [-0.39, 0.29) is 12.4 Å². The number of rotatable bonds is 5. The Kier molecular flexibility index (Phi) is 5.14. The standard InChI is InChI=1S/C21H25N3O.ClH/c1-3-14(12-19(4-1)25-21-22-5-2-6-23-21)13-24-20-17-8-15-7-16(10-17)11-18(20)9-15;/h1-6,12,15-18,20,24H,7-11,13H2;1H. The number of hydrogen-bond acceptors (Lipinski definition) is 4. The average molecular weight is 372 g/mol. The van der Waals surface area contributed by atoms with E-state index in [1.165, 1.54) is 37.7 Å². The van der Waals surface area contributed by atoms with Crippen molar-refractivity contribution in [3.05, 3.63) is 48.3 Å². The van der Waals surface area contributed by atoms with Gasteiger partial charge in [-0.1, -0.05) is 12.1 Å². The van der Waals surface area contributed by atoms with Crippen molar-refractivity contribution >= 4 is 12.4 Å². The largest absolute Gasteiger partial charge is 0.424 e. The molecule has 6 rings (SSSR count). The SMILES string of the molecule is Cl.c1cnc(Oc2cccc(CNC3C4CC5CC(C4)CC3C5)c2)nc1. The molecule has 4 fully saturated rings. The molecule has 138 valence electrons. The first-order valence-electron chi connectivity index (χ1n) is 9.60. The van der Waals surface area contributed by atoms with Gasteiger partial charge in [-0.3, -0.25) is 0 Å². The van der Waals surface area contributed by atoms with Gasteiger partial charge >= 0.3 is 6.01 Å². The predicted octanol–water partition coefficient (Wildman–Crippen LogP) is 4.61. The van der Waals surface area contributed by atoms with Crippen LogP contribution in [0, 0.1) is 23.7 Å². The monoisotopic (exact) mass is 371 g/mol. The molecule has 5 heteroatoms. The summed E-state index contributed by atoms with van der Waals surface area (Å²) in [4.78, 5) is 8.25. The van der Waals surface area contributed by atoms with Crippen LogP contribution in [0.1, 0.15) is 37.7 Å². The first kappa shape index (κ1) is 17.7. The van der Waals surface area contributed by atoms with Crippen LogP contribution < -0.4 is 10.1 Å². The van der Waals surface area contributed by atoms with Crippen molar-refractivity contribution in [2.24, 2.45) is 23.7 Å². The van der Waals surface area contributed by atoms with Crippen LogP contribution in [0.3, 0.4) is 0 Å². The first-order chi connectivity index (χ1) is 12.3. The van der Waals surface area contributed by atoms with Gasteiger partial charge in [-0.05, 0) is 79.5 Å². The third-order valence-corrected chi connectivity index (χ3v) is 6.42. The Morgan fingerprint density at radius 3 is 2.31 bits per heavy atom. The Balaban J connectivity index is 0.00000168. The highest BCUT2D eigenvalue weighted by Gasteiger charge is 2.47. The van der Waals surface area contributed by atoms with Crippen molar-refractivity contribution in [1.29, 1.82) is 0 Å². The highest BCUT2D eigenvalue weighted by molar-refractivity contribution is 5.85. The number of hydrogen-bond donors (Lipinski definition) is 1. The van der Waals surface area contributed by atoms with E-state index in [0.717, 1.165) is 42.0 Å². The van der Waals surface area contributed by atoms with Gasteiger partial charge in [0.1, 0.15) is 5.75 Å². The Morgan fingerprint density at radius 1 is 0.923 bits per heavy atom. The molecule has 1 N–H and O–H groups in total. The molecule has 26 heavy (non-hydrogen) atoms. The number of nitrogens with zero attached hydrogens (tertiary/aromatic N) is 2. The predicted molar refractivity (Wildman–Crippen MR) is 103 cm³/mol. The van der Waals surface area contributed by atoms with Crippen molar-refractivity contribution < 1.29 is 4.74 Å². The van der Waals surface area contributed by atoms with Crippen LogP contribution in [-0.2, 0) is 6.54 Å². The van der Waals surface area contributed by atoms with Crippen molar-refractivity contribution in [2.75, 3.05) is 0 Å². The molecule has 0 atom stereocenters.